The number of benzene rings is 1. The molecule has 0 amide bonds. The van der Waals surface area contributed by atoms with Crippen LogP contribution in [0.1, 0.15) is 18.9 Å². The van der Waals surface area contributed by atoms with Crippen LogP contribution in [0.15, 0.2) is 23.1 Å². The van der Waals surface area contributed by atoms with Crippen molar-refractivity contribution in [2.24, 2.45) is 5.92 Å². The van der Waals surface area contributed by atoms with Crippen LogP contribution in [0, 0.1) is 5.92 Å². The third-order valence-electron chi connectivity index (χ3n) is 3.83. The highest BCUT2D eigenvalue weighted by Crippen LogP contribution is 2.25. The van der Waals surface area contributed by atoms with Crippen LogP contribution in [0.25, 0.3) is 0 Å². The lowest BCUT2D eigenvalue weighted by molar-refractivity contribution is -0.141. The van der Waals surface area contributed by atoms with Crippen molar-refractivity contribution in [2.75, 3.05) is 20.2 Å². The van der Waals surface area contributed by atoms with Crippen LogP contribution >= 0.6 is 11.6 Å². The summed E-state index contributed by atoms with van der Waals surface area (Å²) in [6.45, 7) is 2.64. The topological polar surface area (TPSA) is 87.2 Å². The summed E-state index contributed by atoms with van der Waals surface area (Å²) in [6, 6.07) is 4.49. The minimum absolute atomic E-state index is 0.0510. The molecule has 0 spiro atoms. The van der Waals surface area contributed by atoms with E-state index in [1.165, 1.54) is 23.5 Å². The second-order valence-corrected chi connectivity index (χ2v) is 8.16. The number of carbonyl (C=O) groups is 1. The molecule has 6 nitrogen and oxygen atoms in total. The van der Waals surface area contributed by atoms with Gasteiger partial charge in [-0.05, 0) is 36.6 Å². The molecular formula is C15H20ClNO5S. The number of ether oxygens (including phenoxy) is 1. The van der Waals surface area contributed by atoms with E-state index in [0.717, 1.165) is 0 Å². The fourth-order valence-electron chi connectivity index (χ4n) is 2.32. The third kappa shape index (κ3) is 4.67. The molecule has 1 saturated heterocycles. The Labute approximate surface area is 141 Å². The van der Waals surface area contributed by atoms with Crippen LogP contribution < -0.4 is 0 Å². The van der Waals surface area contributed by atoms with E-state index in [1.54, 1.807) is 13.0 Å². The van der Waals surface area contributed by atoms with Gasteiger partial charge in [-0.25, -0.2) is 8.42 Å². The van der Waals surface area contributed by atoms with Gasteiger partial charge in [0.1, 0.15) is 0 Å². The first kappa shape index (κ1) is 18.2. The molecule has 2 atom stereocenters. The Hall–Kier alpha value is -1.15. The second-order valence-electron chi connectivity index (χ2n) is 5.68. The van der Waals surface area contributed by atoms with Gasteiger partial charge in [0, 0.05) is 18.6 Å². The summed E-state index contributed by atoms with van der Waals surface area (Å²) in [5, 5.41) is 9.43. The molecule has 0 aliphatic carbocycles. The average Bonchev–Trinajstić information content (AvgIpc) is 3.27. The summed E-state index contributed by atoms with van der Waals surface area (Å²) < 4.78 is 31.5. The number of hydrogen-bond acceptors (Lipinski definition) is 4. The molecule has 1 fully saturated rings. The van der Waals surface area contributed by atoms with Crippen LogP contribution in [0.2, 0.25) is 5.02 Å². The van der Waals surface area contributed by atoms with Gasteiger partial charge in [0.15, 0.2) is 0 Å². The van der Waals surface area contributed by atoms with E-state index < -0.39 is 21.9 Å². The SMILES string of the molecule is CC[C@@H](Cc1cc(Cl)cc(S(=O)(=O)N(C)CC2CO2)c1)C(=O)O. The van der Waals surface area contributed by atoms with Gasteiger partial charge in [0.25, 0.3) is 0 Å². The number of rotatable bonds is 8. The molecular weight excluding hydrogens is 342 g/mol. The maximum absolute atomic E-state index is 12.6. The predicted octanol–water partition coefficient (Wildman–Crippen LogP) is 2.01. The van der Waals surface area contributed by atoms with Gasteiger partial charge in [-0.15, -0.1) is 0 Å². The van der Waals surface area contributed by atoms with Gasteiger partial charge in [-0.2, -0.15) is 4.31 Å². The number of nitrogens with zero attached hydrogens (tertiary/aromatic N) is 1. The van der Waals surface area contributed by atoms with Crippen molar-refractivity contribution >= 4 is 27.6 Å². The van der Waals surface area contributed by atoms with Gasteiger partial charge >= 0.3 is 5.97 Å². The number of carboxylic acids is 1. The molecule has 1 aromatic carbocycles. The molecule has 1 aromatic rings. The van der Waals surface area contributed by atoms with E-state index in [-0.39, 0.29) is 29.0 Å². The largest absolute Gasteiger partial charge is 0.481 e. The molecule has 0 aromatic heterocycles. The van der Waals surface area contributed by atoms with Crippen molar-refractivity contribution in [3.05, 3.63) is 28.8 Å². The Morgan fingerprint density at radius 1 is 1.48 bits per heavy atom. The van der Waals surface area contributed by atoms with Gasteiger partial charge < -0.3 is 9.84 Å². The minimum atomic E-state index is -3.68. The van der Waals surface area contributed by atoms with Crippen LogP contribution in [-0.4, -0.2) is 50.1 Å². The monoisotopic (exact) mass is 361 g/mol. The lowest BCUT2D eigenvalue weighted by Crippen LogP contribution is -2.30. The Bertz CT molecular complexity index is 687. The van der Waals surface area contributed by atoms with Crippen molar-refractivity contribution in [1.29, 1.82) is 0 Å². The van der Waals surface area contributed by atoms with Crippen molar-refractivity contribution in [3.63, 3.8) is 0 Å². The van der Waals surface area contributed by atoms with Crippen LogP contribution in [0.4, 0.5) is 0 Å². The number of epoxide rings is 1. The van der Waals surface area contributed by atoms with E-state index in [1.807, 2.05) is 0 Å². The summed E-state index contributed by atoms with van der Waals surface area (Å²) in [6.07, 6.45) is 0.651. The summed E-state index contributed by atoms with van der Waals surface area (Å²) in [4.78, 5) is 11.2. The van der Waals surface area contributed by atoms with Crippen molar-refractivity contribution in [3.8, 4) is 0 Å². The fraction of sp³-hybridized carbons (Fsp3) is 0.533. The fourth-order valence-corrected chi connectivity index (χ4v) is 3.94. The van der Waals surface area contributed by atoms with Crippen LogP contribution in [-0.2, 0) is 26.0 Å². The standard InChI is InChI=1S/C15H20ClNO5S/c1-3-11(15(18)19)4-10-5-12(16)7-14(6-10)23(20,21)17(2)8-13-9-22-13/h5-7,11,13H,3-4,8-9H2,1-2H3,(H,18,19)/t11-,13?/m0/s1. The van der Waals surface area contributed by atoms with E-state index in [9.17, 15) is 13.2 Å². The molecule has 1 heterocycles. The molecule has 128 valence electrons. The molecule has 1 N–H and O–H groups in total. The number of halogens is 1. The summed E-state index contributed by atoms with van der Waals surface area (Å²) in [7, 11) is -2.19. The molecule has 2 rings (SSSR count). The number of sulfonamides is 1. The van der Waals surface area contributed by atoms with Gasteiger partial charge in [0.05, 0.1) is 23.5 Å². The quantitative estimate of drug-likeness (QED) is 0.716. The van der Waals surface area contributed by atoms with E-state index in [0.29, 0.717) is 18.6 Å². The lowest BCUT2D eigenvalue weighted by atomic mass is 9.97. The smallest absolute Gasteiger partial charge is 0.306 e. The van der Waals surface area contributed by atoms with Gasteiger partial charge in [-0.3, -0.25) is 4.79 Å². The third-order valence-corrected chi connectivity index (χ3v) is 5.85. The zero-order valence-electron chi connectivity index (χ0n) is 13.0. The van der Waals surface area contributed by atoms with Gasteiger partial charge in [-0.1, -0.05) is 18.5 Å². The molecule has 1 aliphatic rings. The molecule has 0 radical (unpaired) electrons. The van der Waals surface area contributed by atoms with Crippen molar-refractivity contribution in [1.82, 2.24) is 4.31 Å². The first-order valence-electron chi connectivity index (χ1n) is 7.34. The number of hydrogen-bond donors (Lipinski definition) is 1. The van der Waals surface area contributed by atoms with E-state index >= 15 is 0 Å². The van der Waals surface area contributed by atoms with Crippen molar-refractivity contribution < 1.29 is 23.1 Å². The average molecular weight is 362 g/mol. The second kappa shape index (κ2) is 7.17. The Balaban J connectivity index is 2.26. The van der Waals surface area contributed by atoms with Crippen LogP contribution in [0.5, 0.6) is 0 Å². The molecule has 8 heteroatoms. The number of aliphatic carboxylic acids is 1. The molecule has 0 saturated carbocycles. The molecule has 0 bridgehead atoms. The summed E-state index contributed by atoms with van der Waals surface area (Å²) >= 11 is 6.03. The normalized spacial score (nSPS) is 18.9. The summed E-state index contributed by atoms with van der Waals surface area (Å²) in [5.41, 5.74) is 0.599. The summed E-state index contributed by atoms with van der Waals surface area (Å²) in [5.74, 6) is -1.47. The van der Waals surface area contributed by atoms with E-state index in [4.69, 9.17) is 21.4 Å². The molecule has 23 heavy (non-hydrogen) atoms. The maximum Gasteiger partial charge on any atom is 0.306 e. The molecule has 1 unspecified atom stereocenters. The van der Waals surface area contributed by atoms with Gasteiger partial charge in [0.2, 0.25) is 10.0 Å². The Morgan fingerprint density at radius 3 is 2.65 bits per heavy atom. The first-order chi connectivity index (χ1) is 10.7. The number of likely N-dealkylation sites (N-methyl/N-ethyl adjacent to an activating group) is 1. The predicted molar refractivity (Wildman–Crippen MR) is 86.1 cm³/mol. The maximum atomic E-state index is 12.6. The Kier molecular flexibility index (Phi) is 5.67. The first-order valence-corrected chi connectivity index (χ1v) is 9.16. The zero-order chi connectivity index (χ0) is 17.2. The molecule has 1 aliphatic heterocycles. The highest BCUT2D eigenvalue weighted by molar-refractivity contribution is 7.89. The Morgan fingerprint density at radius 2 is 2.13 bits per heavy atom. The zero-order valence-corrected chi connectivity index (χ0v) is 14.6. The lowest BCUT2D eigenvalue weighted by Gasteiger charge is -2.17. The number of carboxylic acid groups (broad SMARTS) is 1. The highest BCUT2D eigenvalue weighted by atomic mass is 35.5. The van der Waals surface area contributed by atoms with Crippen LogP contribution in [0.3, 0.4) is 0 Å². The minimum Gasteiger partial charge on any atom is -0.481 e. The van der Waals surface area contributed by atoms with Crippen molar-refractivity contribution in [2.45, 2.75) is 30.8 Å². The van der Waals surface area contributed by atoms with E-state index in [2.05, 4.69) is 0 Å². The highest BCUT2D eigenvalue weighted by Gasteiger charge is 2.30.